The van der Waals surface area contributed by atoms with Crippen molar-refractivity contribution in [2.45, 2.75) is 33.3 Å². The van der Waals surface area contributed by atoms with E-state index in [1.165, 1.54) is 7.11 Å². The van der Waals surface area contributed by atoms with Crippen molar-refractivity contribution in [1.29, 1.82) is 0 Å². The lowest BCUT2D eigenvalue weighted by Gasteiger charge is -2.20. The van der Waals surface area contributed by atoms with Gasteiger partial charge in [-0.25, -0.2) is 4.99 Å². The zero-order chi connectivity index (χ0) is 10.5. The predicted octanol–water partition coefficient (Wildman–Crippen LogP) is 1.39. The summed E-state index contributed by atoms with van der Waals surface area (Å²) in [6, 6.07) is 0. The van der Waals surface area contributed by atoms with Crippen LogP contribution in [0.25, 0.3) is 0 Å². The van der Waals surface area contributed by atoms with E-state index in [0.29, 0.717) is 5.90 Å². The Bertz CT molecular complexity index is 203. The Kier molecular flexibility index (Phi) is 4.45. The number of ether oxygens (including phenoxy) is 2. The van der Waals surface area contributed by atoms with Crippen LogP contribution in [-0.4, -0.2) is 31.1 Å². The molecule has 13 heavy (non-hydrogen) atoms. The second-order valence-corrected chi connectivity index (χ2v) is 3.63. The average Bonchev–Trinajstić information content (AvgIpc) is 1.97. The van der Waals surface area contributed by atoms with Crippen molar-refractivity contribution < 1.29 is 14.3 Å². The highest BCUT2D eigenvalue weighted by molar-refractivity contribution is 5.78. The van der Waals surface area contributed by atoms with Crippen LogP contribution >= 0.6 is 0 Å². The zero-order valence-corrected chi connectivity index (χ0v) is 8.88. The molecule has 0 atom stereocenters. The largest absolute Gasteiger partial charge is 0.476 e. The summed E-state index contributed by atoms with van der Waals surface area (Å²) in [6.45, 7) is 7.49. The molecule has 0 heterocycles. The van der Waals surface area contributed by atoms with E-state index in [-0.39, 0.29) is 18.1 Å². The first-order valence-corrected chi connectivity index (χ1v) is 4.12. The molecule has 4 heteroatoms. The molecule has 0 N–H and O–H groups in total. The van der Waals surface area contributed by atoms with Crippen molar-refractivity contribution >= 4 is 11.9 Å². The quantitative estimate of drug-likeness (QED) is 0.373. The molecule has 0 bridgehead atoms. The lowest BCUT2D eigenvalue weighted by Crippen LogP contribution is -2.23. The van der Waals surface area contributed by atoms with E-state index in [4.69, 9.17) is 4.74 Å². The minimum absolute atomic E-state index is 0.0123. The Morgan fingerprint density at radius 3 is 2.31 bits per heavy atom. The van der Waals surface area contributed by atoms with Gasteiger partial charge in [-0.2, -0.15) is 0 Å². The molecule has 0 aromatic rings. The van der Waals surface area contributed by atoms with Gasteiger partial charge in [0.15, 0.2) is 5.90 Å². The van der Waals surface area contributed by atoms with Crippen molar-refractivity contribution in [1.82, 2.24) is 0 Å². The normalized spacial score (nSPS) is 12.5. The Balaban J connectivity index is 3.96. The minimum atomic E-state index is -0.364. The van der Waals surface area contributed by atoms with Crippen LogP contribution in [0.3, 0.4) is 0 Å². The van der Waals surface area contributed by atoms with Gasteiger partial charge in [-0.05, 0) is 20.8 Å². The van der Waals surface area contributed by atoms with Crippen LogP contribution in [0.5, 0.6) is 0 Å². The summed E-state index contributed by atoms with van der Waals surface area (Å²) in [4.78, 5) is 14.6. The van der Waals surface area contributed by atoms with Gasteiger partial charge < -0.3 is 9.47 Å². The second-order valence-electron chi connectivity index (χ2n) is 3.63. The van der Waals surface area contributed by atoms with Gasteiger partial charge in [0.2, 0.25) is 0 Å². The van der Waals surface area contributed by atoms with Gasteiger partial charge in [-0.1, -0.05) is 0 Å². The van der Waals surface area contributed by atoms with E-state index in [2.05, 4.69) is 9.73 Å². The molecule has 0 aliphatic rings. The van der Waals surface area contributed by atoms with E-state index < -0.39 is 0 Å². The summed E-state index contributed by atoms with van der Waals surface area (Å²) >= 11 is 0. The SMILES string of the molecule is COC(=O)CN=C(C)OC(C)(C)C. The molecular formula is C9H17NO3. The number of carbonyl (C=O) groups excluding carboxylic acids is 1. The minimum Gasteiger partial charge on any atom is -0.476 e. The van der Waals surface area contributed by atoms with Crippen LogP contribution in [0.1, 0.15) is 27.7 Å². The number of rotatable bonds is 2. The molecule has 0 aromatic heterocycles. The maximum absolute atomic E-state index is 10.7. The average molecular weight is 187 g/mol. The van der Waals surface area contributed by atoms with Gasteiger partial charge >= 0.3 is 5.97 Å². The number of aliphatic imine (C=N–C) groups is 1. The Labute approximate surface area is 78.9 Å². The summed E-state index contributed by atoms with van der Waals surface area (Å²) in [5.41, 5.74) is -0.274. The van der Waals surface area contributed by atoms with Crippen molar-refractivity contribution in [2.24, 2.45) is 4.99 Å². The van der Waals surface area contributed by atoms with E-state index >= 15 is 0 Å². The summed E-state index contributed by atoms with van der Waals surface area (Å²) in [6.07, 6.45) is 0. The molecule has 0 spiro atoms. The van der Waals surface area contributed by atoms with Crippen LogP contribution < -0.4 is 0 Å². The highest BCUT2D eigenvalue weighted by Crippen LogP contribution is 2.07. The molecule has 76 valence electrons. The predicted molar refractivity (Wildman–Crippen MR) is 50.8 cm³/mol. The Hall–Kier alpha value is -1.06. The van der Waals surface area contributed by atoms with Crippen molar-refractivity contribution in [2.75, 3.05) is 13.7 Å². The molecular weight excluding hydrogens is 170 g/mol. The zero-order valence-electron chi connectivity index (χ0n) is 8.88. The van der Waals surface area contributed by atoms with Gasteiger partial charge in [-0.3, -0.25) is 4.79 Å². The molecule has 0 aromatic carbocycles. The summed E-state index contributed by atoms with van der Waals surface area (Å²) in [5.74, 6) is 0.134. The Morgan fingerprint density at radius 2 is 1.92 bits per heavy atom. The van der Waals surface area contributed by atoms with Gasteiger partial charge in [0, 0.05) is 6.92 Å². The number of hydrogen-bond acceptors (Lipinski definition) is 4. The molecule has 0 amide bonds. The first-order valence-electron chi connectivity index (χ1n) is 4.12. The molecule has 0 aliphatic carbocycles. The van der Waals surface area contributed by atoms with E-state index in [1.54, 1.807) is 6.92 Å². The topological polar surface area (TPSA) is 47.9 Å². The summed E-state index contributed by atoms with van der Waals surface area (Å²) in [5, 5.41) is 0. The van der Waals surface area contributed by atoms with Crippen LogP contribution in [0.15, 0.2) is 4.99 Å². The van der Waals surface area contributed by atoms with Gasteiger partial charge in [0.1, 0.15) is 12.1 Å². The van der Waals surface area contributed by atoms with Crippen molar-refractivity contribution in [3.63, 3.8) is 0 Å². The van der Waals surface area contributed by atoms with E-state index in [1.807, 2.05) is 20.8 Å². The standard InChI is InChI=1S/C9H17NO3/c1-7(13-9(2,3)4)10-6-8(11)12-5/h6H2,1-5H3. The number of methoxy groups -OCH3 is 1. The monoisotopic (exact) mass is 187 g/mol. The molecule has 0 unspecified atom stereocenters. The van der Waals surface area contributed by atoms with Gasteiger partial charge in [0.25, 0.3) is 0 Å². The second kappa shape index (κ2) is 4.84. The maximum atomic E-state index is 10.7. The molecule has 4 nitrogen and oxygen atoms in total. The van der Waals surface area contributed by atoms with Crippen molar-refractivity contribution in [3.05, 3.63) is 0 Å². The molecule has 0 rings (SSSR count). The number of esters is 1. The number of hydrogen-bond donors (Lipinski definition) is 0. The maximum Gasteiger partial charge on any atom is 0.327 e. The van der Waals surface area contributed by atoms with E-state index in [9.17, 15) is 4.79 Å². The summed E-state index contributed by atoms with van der Waals surface area (Å²) in [7, 11) is 1.33. The molecule has 0 fully saturated rings. The van der Waals surface area contributed by atoms with Crippen molar-refractivity contribution in [3.8, 4) is 0 Å². The van der Waals surface area contributed by atoms with Gasteiger partial charge in [-0.15, -0.1) is 0 Å². The van der Waals surface area contributed by atoms with Crippen LogP contribution in [0.2, 0.25) is 0 Å². The highest BCUT2D eigenvalue weighted by Gasteiger charge is 2.11. The smallest absolute Gasteiger partial charge is 0.327 e. The molecule has 0 aliphatic heterocycles. The fourth-order valence-electron chi connectivity index (χ4n) is 0.716. The van der Waals surface area contributed by atoms with Crippen LogP contribution in [-0.2, 0) is 14.3 Å². The first kappa shape index (κ1) is 11.9. The number of carbonyl (C=O) groups is 1. The fraction of sp³-hybridized carbons (Fsp3) is 0.778. The summed E-state index contributed by atoms with van der Waals surface area (Å²) < 4.78 is 9.80. The first-order chi connectivity index (χ1) is 5.85. The fourth-order valence-corrected chi connectivity index (χ4v) is 0.716. The third-order valence-corrected chi connectivity index (χ3v) is 1.11. The van der Waals surface area contributed by atoms with Gasteiger partial charge in [0.05, 0.1) is 7.11 Å². The Morgan fingerprint density at radius 1 is 1.38 bits per heavy atom. The molecule has 0 radical (unpaired) electrons. The highest BCUT2D eigenvalue weighted by atomic mass is 16.5. The third kappa shape index (κ3) is 7.31. The lowest BCUT2D eigenvalue weighted by atomic mass is 10.2. The van der Waals surface area contributed by atoms with Crippen LogP contribution in [0, 0.1) is 0 Å². The van der Waals surface area contributed by atoms with E-state index in [0.717, 1.165) is 0 Å². The molecule has 0 saturated carbocycles. The lowest BCUT2D eigenvalue weighted by molar-refractivity contribution is -0.138. The third-order valence-electron chi connectivity index (χ3n) is 1.11. The molecule has 0 saturated heterocycles. The van der Waals surface area contributed by atoms with Crippen LogP contribution in [0.4, 0.5) is 0 Å². The number of nitrogens with zero attached hydrogens (tertiary/aromatic N) is 1.